The Kier molecular flexibility index (Phi) is 3.05. The molecular weight excluding hydrogens is 220 g/mol. The molecule has 1 aliphatic rings. The SMILES string of the molecule is O=C1CNCCCN1c1ccc(Cl)s1. The standard InChI is InChI=1S/C9H11ClN2OS/c10-7-2-3-9(14-7)12-5-1-4-11-6-8(12)13/h2-3,11H,1,4-6H2. The average molecular weight is 231 g/mol. The Morgan fingerprint density at radius 2 is 2.36 bits per heavy atom. The molecule has 0 radical (unpaired) electrons. The molecule has 14 heavy (non-hydrogen) atoms. The van der Waals surface area contributed by atoms with Gasteiger partial charge in [0, 0.05) is 6.54 Å². The van der Waals surface area contributed by atoms with E-state index < -0.39 is 0 Å². The van der Waals surface area contributed by atoms with Gasteiger partial charge in [0.2, 0.25) is 5.91 Å². The fourth-order valence-corrected chi connectivity index (χ4v) is 2.54. The number of hydrogen-bond acceptors (Lipinski definition) is 3. The monoisotopic (exact) mass is 230 g/mol. The summed E-state index contributed by atoms with van der Waals surface area (Å²) in [6, 6.07) is 3.73. The van der Waals surface area contributed by atoms with Gasteiger partial charge in [-0.3, -0.25) is 4.79 Å². The summed E-state index contributed by atoms with van der Waals surface area (Å²) in [5.41, 5.74) is 0. The molecule has 2 rings (SSSR count). The van der Waals surface area contributed by atoms with Gasteiger partial charge in [0.25, 0.3) is 0 Å². The van der Waals surface area contributed by atoms with Crippen LogP contribution in [0.1, 0.15) is 6.42 Å². The minimum Gasteiger partial charge on any atom is -0.308 e. The van der Waals surface area contributed by atoms with Crippen LogP contribution in [0.2, 0.25) is 4.34 Å². The first-order valence-corrected chi connectivity index (χ1v) is 5.73. The van der Waals surface area contributed by atoms with Crippen LogP contribution in [0, 0.1) is 0 Å². The van der Waals surface area contributed by atoms with E-state index >= 15 is 0 Å². The summed E-state index contributed by atoms with van der Waals surface area (Å²) in [7, 11) is 0. The Hall–Kier alpha value is -0.580. The van der Waals surface area contributed by atoms with Crippen molar-refractivity contribution in [2.75, 3.05) is 24.5 Å². The van der Waals surface area contributed by atoms with Gasteiger partial charge < -0.3 is 10.2 Å². The summed E-state index contributed by atoms with van der Waals surface area (Å²) < 4.78 is 0.727. The lowest BCUT2D eigenvalue weighted by Gasteiger charge is -2.17. The highest BCUT2D eigenvalue weighted by atomic mass is 35.5. The van der Waals surface area contributed by atoms with Gasteiger partial charge in [0.05, 0.1) is 15.9 Å². The topological polar surface area (TPSA) is 32.3 Å². The summed E-state index contributed by atoms with van der Waals surface area (Å²) in [5.74, 6) is 0.126. The molecule has 1 saturated heterocycles. The van der Waals surface area contributed by atoms with Gasteiger partial charge in [-0.1, -0.05) is 11.6 Å². The Morgan fingerprint density at radius 3 is 3.07 bits per heavy atom. The van der Waals surface area contributed by atoms with E-state index in [0.29, 0.717) is 6.54 Å². The van der Waals surface area contributed by atoms with Crippen LogP contribution in [0.4, 0.5) is 5.00 Å². The fourth-order valence-electron chi connectivity index (χ4n) is 1.46. The van der Waals surface area contributed by atoms with Crippen molar-refractivity contribution in [3.05, 3.63) is 16.5 Å². The van der Waals surface area contributed by atoms with E-state index in [9.17, 15) is 4.79 Å². The molecule has 1 aromatic rings. The minimum absolute atomic E-state index is 0.126. The molecule has 76 valence electrons. The molecule has 1 fully saturated rings. The predicted molar refractivity (Wildman–Crippen MR) is 59.2 cm³/mol. The molecule has 3 nitrogen and oxygen atoms in total. The summed E-state index contributed by atoms with van der Waals surface area (Å²) in [4.78, 5) is 13.5. The third-order valence-corrected chi connectivity index (χ3v) is 3.39. The van der Waals surface area contributed by atoms with E-state index in [1.54, 1.807) is 4.90 Å². The summed E-state index contributed by atoms with van der Waals surface area (Å²) >= 11 is 7.28. The highest BCUT2D eigenvalue weighted by molar-refractivity contribution is 7.20. The van der Waals surface area contributed by atoms with Crippen LogP contribution in [-0.2, 0) is 4.79 Å². The van der Waals surface area contributed by atoms with Crippen LogP contribution in [-0.4, -0.2) is 25.5 Å². The third-order valence-electron chi connectivity index (χ3n) is 2.14. The van der Waals surface area contributed by atoms with Crippen molar-refractivity contribution in [3.63, 3.8) is 0 Å². The minimum atomic E-state index is 0.126. The Labute approximate surface area is 91.7 Å². The molecule has 5 heteroatoms. The van der Waals surface area contributed by atoms with Crippen LogP contribution in [0.15, 0.2) is 12.1 Å². The molecule has 1 aliphatic heterocycles. The second-order valence-electron chi connectivity index (χ2n) is 3.15. The quantitative estimate of drug-likeness (QED) is 0.797. The zero-order chi connectivity index (χ0) is 9.97. The van der Waals surface area contributed by atoms with Crippen molar-refractivity contribution in [2.45, 2.75) is 6.42 Å². The van der Waals surface area contributed by atoms with E-state index in [1.807, 2.05) is 12.1 Å². The van der Waals surface area contributed by atoms with E-state index in [0.717, 1.165) is 28.8 Å². The number of carbonyl (C=O) groups excluding carboxylic acids is 1. The Balaban J connectivity index is 2.18. The third kappa shape index (κ3) is 2.08. The maximum absolute atomic E-state index is 11.7. The number of hydrogen-bond donors (Lipinski definition) is 1. The van der Waals surface area contributed by atoms with Crippen molar-refractivity contribution < 1.29 is 4.79 Å². The lowest BCUT2D eigenvalue weighted by Crippen LogP contribution is -2.34. The van der Waals surface area contributed by atoms with E-state index in [-0.39, 0.29) is 5.91 Å². The molecule has 1 aromatic heterocycles. The number of carbonyl (C=O) groups is 1. The Bertz CT molecular complexity index is 339. The number of amides is 1. The van der Waals surface area contributed by atoms with Crippen molar-refractivity contribution in [3.8, 4) is 0 Å². The number of anilines is 1. The molecule has 0 aromatic carbocycles. The van der Waals surface area contributed by atoms with Crippen molar-refractivity contribution in [1.82, 2.24) is 5.32 Å². The Morgan fingerprint density at radius 1 is 1.50 bits per heavy atom. The van der Waals surface area contributed by atoms with Crippen LogP contribution >= 0.6 is 22.9 Å². The highest BCUT2D eigenvalue weighted by Crippen LogP contribution is 2.29. The number of nitrogens with zero attached hydrogens (tertiary/aromatic N) is 1. The number of thiophene rings is 1. The normalized spacial score (nSPS) is 18.4. The van der Waals surface area contributed by atoms with Crippen molar-refractivity contribution >= 4 is 33.8 Å². The molecule has 0 saturated carbocycles. The molecule has 1 amide bonds. The molecule has 0 unspecified atom stereocenters. The first-order valence-electron chi connectivity index (χ1n) is 4.54. The smallest absolute Gasteiger partial charge is 0.241 e. The second kappa shape index (κ2) is 4.29. The van der Waals surface area contributed by atoms with Gasteiger partial charge >= 0.3 is 0 Å². The first kappa shape index (κ1) is 9.96. The van der Waals surface area contributed by atoms with E-state index in [2.05, 4.69) is 5.32 Å². The maximum Gasteiger partial charge on any atom is 0.241 e. The second-order valence-corrected chi connectivity index (χ2v) is 4.85. The molecule has 1 N–H and O–H groups in total. The molecule has 0 spiro atoms. The molecule has 0 atom stereocenters. The molecule has 0 bridgehead atoms. The number of nitrogens with one attached hydrogen (secondary N) is 1. The van der Waals surface area contributed by atoms with Gasteiger partial charge in [0.15, 0.2) is 0 Å². The largest absolute Gasteiger partial charge is 0.308 e. The van der Waals surface area contributed by atoms with Crippen molar-refractivity contribution in [1.29, 1.82) is 0 Å². The van der Waals surface area contributed by atoms with Crippen LogP contribution < -0.4 is 10.2 Å². The van der Waals surface area contributed by atoms with E-state index in [4.69, 9.17) is 11.6 Å². The van der Waals surface area contributed by atoms with Crippen LogP contribution in [0.5, 0.6) is 0 Å². The fraction of sp³-hybridized carbons (Fsp3) is 0.444. The van der Waals surface area contributed by atoms with Crippen LogP contribution in [0.3, 0.4) is 0 Å². The van der Waals surface area contributed by atoms with Gasteiger partial charge in [-0.2, -0.15) is 0 Å². The molecular formula is C9H11ClN2OS. The zero-order valence-electron chi connectivity index (χ0n) is 7.62. The average Bonchev–Trinajstić information content (AvgIpc) is 2.46. The van der Waals surface area contributed by atoms with Gasteiger partial charge in [-0.25, -0.2) is 0 Å². The highest BCUT2D eigenvalue weighted by Gasteiger charge is 2.18. The van der Waals surface area contributed by atoms with Crippen molar-refractivity contribution in [2.24, 2.45) is 0 Å². The molecule has 0 aliphatic carbocycles. The summed E-state index contributed by atoms with van der Waals surface area (Å²) in [5, 5.41) is 4.03. The van der Waals surface area contributed by atoms with Gasteiger partial charge in [-0.05, 0) is 25.1 Å². The number of rotatable bonds is 1. The van der Waals surface area contributed by atoms with E-state index in [1.165, 1.54) is 11.3 Å². The maximum atomic E-state index is 11.7. The summed E-state index contributed by atoms with van der Waals surface area (Å²) in [6.45, 7) is 2.11. The molecule has 2 heterocycles. The zero-order valence-corrected chi connectivity index (χ0v) is 9.20. The van der Waals surface area contributed by atoms with Crippen LogP contribution in [0.25, 0.3) is 0 Å². The lowest BCUT2D eigenvalue weighted by atomic mass is 10.4. The summed E-state index contributed by atoms with van der Waals surface area (Å²) in [6.07, 6.45) is 0.987. The van der Waals surface area contributed by atoms with Gasteiger partial charge in [0.1, 0.15) is 0 Å². The first-order chi connectivity index (χ1) is 6.77. The predicted octanol–water partition coefficient (Wildman–Crippen LogP) is 1.73. The van der Waals surface area contributed by atoms with Gasteiger partial charge in [-0.15, -0.1) is 11.3 Å². The number of halogens is 1. The lowest BCUT2D eigenvalue weighted by molar-refractivity contribution is -0.117.